The molecule has 42 heavy (non-hydrogen) atoms. The van der Waals surface area contributed by atoms with Crippen molar-refractivity contribution >= 4 is 54.1 Å². The smallest absolute Gasteiger partial charge is 0.261 e. The molecule has 0 radical (unpaired) electrons. The van der Waals surface area contributed by atoms with Gasteiger partial charge in [-0.2, -0.15) is 12.7 Å². The fourth-order valence-electron chi connectivity index (χ4n) is 5.32. The van der Waals surface area contributed by atoms with Crippen molar-refractivity contribution in [2.24, 2.45) is 5.92 Å². The van der Waals surface area contributed by atoms with Crippen LogP contribution in [0.4, 0.5) is 5.69 Å². The number of nitrogens with zero attached hydrogens (tertiary/aromatic N) is 4. The van der Waals surface area contributed by atoms with E-state index in [0.29, 0.717) is 23.7 Å². The molecule has 5 rings (SSSR count). The number of sulfonamides is 1. The van der Waals surface area contributed by atoms with Crippen LogP contribution >= 0.6 is 11.6 Å². The van der Waals surface area contributed by atoms with Gasteiger partial charge in [-0.05, 0) is 65.9 Å². The lowest BCUT2D eigenvalue weighted by atomic mass is 9.95. The van der Waals surface area contributed by atoms with Crippen molar-refractivity contribution in [3.63, 3.8) is 0 Å². The van der Waals surface area contributed by atoms with Gasteiger partial charge in [0.05, 0.1) is 30.3 Å². The Balaban J connectivity index is 0.000000748. The standard InChI is InChI=1S/C27H31ClN4O4S.CH4O3S/c1-36-19-25-17-31(37(34,35)26-5-3-21-14-23(28)4-2-22(21)15-26)18-27(33)32(25)16-20-8-12-30(13-9-20)24-6-10-29-11-7-24;1-5(2,3)4/h2-7,10-11,14-15,20,25H,8-9,12-13,16-19H2,1H3;1H3,(H,2,3,4)/t25-;/m1./s1. The molecule has 2 saturated heterocycles. The molecule has 11 nitrogen and oxygen atoms in total. The molecule has 0 unspecified atom stereocenters. The van der Waals surface area contributed by atoms with Gasteiger partial charge in [0, 0.05) is 56.4 Å². The quantitative estimate of drug-likeness (QED) is 0.387. The minimum atomic E-state index is -3.86. The van der Waals surface area contributed by atoms with E-state index >= 15 is 0 Å². The molecule has 1 amide bonds. The van der Waals surface area contributed by atoms with E-state index in [0.717, 1.165) is 42.4 Å². The van der Waals surface area contributed by atoms with Crippen LogP contribution in [0.1, 0.15) is 12.8 Å². The minimum absolute atomic E-state index is 0.170. The van der Waals surface area contributed by atoms with E-state index in [1.165, 1.54) is 4.31 Å². The van der Waals surface area contributed by atoms with Crippen LogP contribution in [-0.4, -0.2) is 100 Å². The molecular formula is C28H35ClN4O7S2. The first kappa shape index (κ1) is 32.1. The number of hydrogen-bond acceptors (Lipinski definition) is 8. The fourth-order valence-corrected chi connectivity index (χ4v) is 6.97. The number of fused-ring (bicyclic) bond motifs is 1. The summed E-state index contributed by atoms with van der Waals surface area (Å²) in [4.78, 5) is 21.8. The van der Waals surface area contributed by atoms with E-state index in [-0.39, 0.29) is 36.5 Å². The number of amides is 1. The normalized spacial score (nSPS) is 19.0. The molecular weight excluding hydrogens is 604 g/mol. The Labute approximate surface area is 251 Å². The van der Waals surface area contributed by atoms with Crippen molar-refractivity contribution in [2.45, 2.75) is 23.8 Å². The van der Waals surface area contributed by atoms with E-state index in [1.54, 1.807) is 55.9 Å². The van der Waals surface area contributed by atoms with Gasteiger partial charge in [-0.3, -0.25) is 14.3 Å². The summed E-state index contributed by atoms with van der Waals surface area (Å²) in [6, 6.07) is 14.0. The van der Waals surface area contributed by atoms with Gasteiger partial charge >= 0.3 is 0 Å². The molecule has 1 atom stereocenters. The number of benzene rings is 2. The van der Waals surface area contributed by atoms with Gasteiger partial charge in [-0.1, -0.05) is 23.7 Å². The average Bonchev–Trinajstić information content (AvgIpc) is 2.94. The summed E-state index contributed by atoms with van der Waals surface area (Å²) >= 11 is 6.07. The lowest BCUT2D eigenvalue weighted by Gasteiger charge is -2.43. The number of carbonyl (C=O) groups is 1. The van der Waals surface area contributed by atoms with Gasteiger partial charge in [0.2, 0.25) is 15.9 Å². The molecule has 0 bridgehead atoms. The zero-order valence-electron chi connectivity index (χ0n) is 23.5. The Kier molecular flexibility index (Phi) is 10.4. The van der Waals surface area contributed by atoms with E-state index in [9.17, 15) is 21.6 Å². The molecule has 228 valence electrons. The summed E-state index contributed by atoms with van der Waals surface area (Å²) in [6.45, 7) is 2.76. The molecule has 2 aliphatic heterocycles. The van der Waals surface area contributed by atoms with E-state index in [4.69, 9.17) is 20.9 Å². The lowest BCUT2D eigenvalue weighted by Crippen LogP contribution is -2.60. The van der Waals surface area contributed by atoms with Gasteiger partial charge in [-0.25, -0.2) is 8.42 Å². The molecule has 2 aliphatic rings. The Morgan fingerprint density at radius 3 is 2.26 bits per heavy atom. The Hall–Kier alpha value is -2.81. The number of ether oxygens (including phenoxy) is 1. The van der Waals surface area contributed by atoms with Crippen LogP contribution in [-0.2, 0) is 29.7 Å². The highest BCUT2D eigenvalue weighted by atomic mass is 35.5. The van der Waals surface area contributed by atoms with Gasteiger partial charge in [0.25, 0.3) is 10.1 Å². The Morgan fingerprint density at radius 1 is 1.00 bits per heavy atom. The minimum Gasteiger partial charge on any atom is -0.382 e. The summed E-state index contributed by atoms with van der Waals surface area (Å²) in [5.41, 5.74) is 1.16. The number of piperazine rings is 1. The second-order valence-corrected chi connectivity index (χ2v) is 14.3. The molecule has 0 spiro atoms. The monoisotopic (exact) mass is 638 g/mol. The molecule has 0 saturated carbocycles. The maximum Gasteiger partial charge on any atom is 0.261 e. The van der Waals surface area contributed by atoms with Crippen LogP contribution in [0.5, 0.6) is 0 Å². The van der Waals surface area contributed by atoms with Crippen molar-refractivity contribution < 1.29 is 30.9 Å². The lowest BCUT2D eigenvalue weighted by molar-refractivity contribution is -0.140. The van der Waals surface area contributed by atoms with Crippen LogP contribution < -0.4 is 4.90 Å². The second-order valence-electron chi connectivity index (χ2n) is 10.5. The largest absolute Gasteiger partial charge is 0.382 e. The second kappa shape index (κ2) is 13.7. The summed E-state index contributed by atoms with van der Waals surface area (Å²) in [5, 5.41) is 2.23. The number of aromatic nitrogens is 1. The number of rotatable bonds is 7. The molecule has 3 aromatic rings. The number of anilines is 1. The summed E-state index contributed by atoms with van der Waals surface area (Å²) in [5.74, 6) is 0.179. The predicted octanol–water partition coefficient (Wildman–Crippen LogP) is 3.16. The van der Waals surface area contributed by atoms with Crippen LogP contribution in [0.15, 0.2) is 65.8 Å². The van der Waals surface area contributed by atoms with Gasteiger partial charge in [0.15, 0.2) is 0 Å². The van der Waals surface area contributed by atoms with E-state index in [1.807, 2.05) is 17.0 Å². The zero-order chi connectivity index (χ0) is 30.5. The number of halogens is 1. The van der Waals surface area contributed by atoms with E-state index in [2.05, 4.69) is 9.88 Å². The molecule has 1 aromatic heterocycles. The molecule has 3 heterocycles. The van der Waals surface area contributed by atoms with Gasteiger partial charge in [-0.15, -0.1) is 0 Å². The maximum absolute atomic E-state index is 13.5. The maximum atomic E-state index is 13.5. The van der Waals surface area contributed by atoms with Crippen molar-refractivity contribution in [2.75, 3.05) is 57.6 Å². The van der Waals surface area contributed by atoms with Crippen molar-refractivity contribution in [3.8, 4) is 0 Å². The number of pyridine rings is 1. The SMILES string of the molecule is COC[C@H]1CN(S(=O)(=O)c2ccc3cc(Cl)ccc3c2)CC(=O)N1CC1CCN(c2ccncc2)CC1.CS(=O)(=O)O. The third-order valence-electron chi connectivity index (χ3n) is 7.35. The highest BCUT2D eigenvalue weighted by Crippen LogP contribution is 2.28. The Morgan fingerprint density at radius 2 is 1.62 bits per heavy atom. The Bertz CT molecular complexity index is 1590. The highest BCUT2D eigenvalue weighted by molar-refractivity contribution is 7.89. The van der Waals surface area contributed by atoms with Gasteiger partial charge in [0.1, 0.15) is 0 Å². The molecule has 1 N–H and O–H groups in total. The first-order valence-corrected chi connectivity index (χ1v) is 17.1. The van der Waals surface area contributed by atoms with Crippen LogP contribution in [0.2, 0.25) is 5.02 Å². The number of hydrogen-bond donors (Lipinski definition) is 1. The van der Waals surface area contributed by atoms with Gasteiger partial charge < -0.3 is 14.5 Å². The number of carbonyl (C=O) groups excluding carboxylic acids is 1. The highest BCUT2D eigenvalue weighted by Gasteiger charge is 2.39. The van der Waals surface area contributed by atoms with Crippen molar-refractivity contribution in [1.82, 2.24) is 14.2 Å². The number of methoxy groups -OCH3 is 1. The van der Waals surface area contributed by atoms with Crippen molar-refractivity contribution in [3.05, 3.63) is 65.9 Å². The van der Waals surface area contributed by atoms with Crippen LogP contribution in [0.3, 0.4) is 0 Å². The predicted molar refractivity (Wildman–Crippen MR) is 162 cm³/mol. The van der Waals surface area contributed by atoms with Crippen LogP contribution in [0, 0.1) is 5.92 Å². The first-order valence-electron chi connectivity index (χ1n) is 13.4. The molecule has 0 aliphatic carbocycles. The summed E-state index contributed by atoms with van der Waals surface area (Å²) in [7, 11) is -5.94. The fraction of sp³-hybridized carbons (Fsp3) is 0.429. The van der Waals surface area contributed by atoms with E-state index < -0.39 is 20.1 Å². The summed E-state index contributed by atoms with van der Waals surface area (Å²) < 4.78 is 59.7. The molecule has 14 heteroatoms. The van der Waals surface area contributed by atoms with Crippen molar-refractivity contribution in [1.29, 1.82) is 0 Å². The molecule has 2 fully saturated rings. The summed E-state index contributed by atoms with van der Waals surface area (Å²) in [6.07, 6.45) is 6.25. The average molecular weight is 639 g/mol. The third kappa shape index (κ3) is 8.39. The zero-order valence-corrected chi connectivity index (χ0v) is 25.9. The first-order chi connectivity index (χ1) is 19.8. The third-order valence-corrected chi connectivity index (χ3v) is 9.40. The topological polar surface area (TPSA) is 137 Å². The number of piperidine rings is 1. The van der Waals surface area contributed by atoms with Crippen LogP contribution in [0.25, 0.3) is 10.8 Å². The molecule has 2 aromatic carbocycles.